The molecular formula is C4H6Cl2. The van der Waals surface area contributed by atoms with Gasteiger partial charge in [-0.3, -0.25) is 0 Å². The lowest BCUT2D eigenvalue weighted by molar-refractivity contribution is 0.935. The molecule has 0 heterocycles. The molecule has 0 atom stereocenters. The monoisotopic (exact) mass is 124 g/mol. The predicted octanol–water partition coefficient (Wildman–Crippen LogP) is 2.20. The van der Waals surface area contributed by atoms with E-state index in [1.54, 1.807) is 0 Å². The summed E-state index contributed by atoms with van der Waals surface area (Å²) in [7, 11) is 0. The van der Waals surface area contributed by atoms with Crippen LogP contribution in [0.15, 0.2) is 0 Å². The molecule has 0 amide bonds. The van der Waals surface area contributed by atoms with Crippen LogP contribution in [0.5, 0.6) is 0 Å². The van der Waals surface area contributed by atoms with Crippen LogP contribution in [0.3, 0.4) is 0 Å². The summed E-state index contributed by atoms with van der Waals surface area (Å²) < 4.78 is 0. The van der Waals surface area contributed by atoms with Gasteiger partial charge in [-0.15, -0.1) is 23.2 Å². The Hall–Kier alpha value is 0.580. The van der Waals surface area contributed by atoms with E-state index in [9.17, 15) is 0 Å². The van der Waals surface area contributed by atoms with Crippen LogP contribution in [0.1, 0.15) is 12.8 Å². The van der Waals surface area contributed by atoms with Crippen molar-refractivity contribution in [3.63, 3.8) is 0 Å². The molecule has 0 aromatic heterocycles. The van der Waals surface area contributed by atoms with Crippen LogP contribution in [0.2, 0.25) is 0 Å². The van der Waals surface area contributed by atoms with Gasteiger partial charge in [0, 0.05) is 0 Å². The molecule has 0 unspecified atom stereocenters. The maximum atomic E-state index is 5.44. The van der Waals surface area contributed by atoms with Crippen LogP contribution >= 0.6 is 23.2 Å². The van der Waals surface area contributed by atoms with Gasteiger partial charge in [-0.1, -0.05) is 0 Å². The van der Waals surface area contributed by atoms with Gasteiger partial charge in [0.15, 0.2) is 0 Å². The molecule has 1 aliphatic rings. The third kappa shape index (κ3) is 1.02. The van der Waals surface area contributed by atoms with E-state index < -0.39 is 0 Å². The van der Waals surface area contributed by atoms with Crippen molar-refractivity contribution in [2.24, 2.45) is 5.92 Å². The van der Waals surface area contributed by atoms with E-state index in [0.717, 1.165) is 0 Å². The second-order valence-electron chi connectivity index (χ2n) is 1.67. The Morgan fingerprint density at radius 2 is 1.83 bits per heavy atom. The third-order valence-corrected chi connectivity index (χ3v) is 1.69. The van der Waals surface area contributed by atoms with E-state index >= 15 is 0 Å². The average molecular weight is 125 g/mol. The van der Waals surface area contributed by atoms with E-state index in [2.05, 4.69) is 0 Å². The van der Waals surface area contributed by atoms with E-state index in [4.69, 9.17) is 23.2 Å². The summed E-state index contributed by atoms with van der Waals surface area (Å²) in [4.78, 5) is -0.0926. The molecule has 36 valence electrons. The lowest BCUT2D eigenvalue weighted by Gasteiger charge is -1.88. The van der Waals surface area contributed by atoms with Crippen LogP contribution in [0, 0.1) is 5.92 Å². The van der Waals surface area contributed by atoms with Crippen LogP contribution in [0.4, 0.5) is 0 Å². The average Bonchev–Trinajstić information content (AvgIpc) is 2.06. The highest BCUT2D eigenvalue weighted by molar-refractivity contribution is 6.44. The molecule has 0 radical (unpaired) electrons. The molecule has 1 aliphatic carbocycles. The summed E-state index contributed by atoms with van der Waals surface area (Å²) in [6, 6.07) is 0. The van der Waals surface area contributed by atoms with Crippen LogP contribution < -0.4 is 0 Å². The van der Waals surface area contributed by atoms with Crippen LogP contribution in [-0.4, -0.2) is 4.84 Å². The summed E-state index contributed by atoms with van der Waals surface area (Å²) in [6.45, 7) is 0. The molecular weight excluding hydrogens is 119 g/mol. The lowest BCUT2D eigenvalue weighted by atomic mass is 10.5. The first-order valence-electron chi connectivity index (χ1n) is 2.09. The molecule has 0 aromatic carbocycles. The van der Waals surface area contributed by atoms with Gasteiger partial charge in [-0.05, 0) is 18.8 Å². The van der Waals surface area contributed by atoms with Gasteiger partial charge in [0.05, 0.1) is 0 Å². The minimum atomic E-state index is -0.0926. The van der Waals surface area contributed by atoms with Gasteiger partial charge in [0.25, 0.3) is 0 Å². The van der Waals surface area contributed by atoms with Crippen molar-refractivity contribution in [3.05, 3.63) is 0 Å². The van der Waals surface area contributed by atoms with Crippen molar-refractivity contribution in [1.82, 2.24) is 0 Å². The van der Waals surface area contributed by atoms with Crippen LogP contribution in [-0.2, 0) is 0 Å². The zero-order valence-electron chi connectivity index (χ0n) is 3.32. The number of halogens is 2. The molecule has 0 aliphatic heterocycles. The van der Waals surface area contributed by atoms with Crippen LogP contribution in [0.25, 0.3) is 0 Å². The van der Waals surface area contributed by atoms with Gasteiger partial charge >= 0.3 is 0 Å². The normalized spacial score (nSPS) is 22.5. The van der Waals surface area contributed by atoms with Crippen molar-refractivity contribution < 1.29 is 0 Å². The van der Waals surface area contributed by atoms with E-state index in [1.165, 1.54) is 12.8 Å². The molecule has 2 heteroatoms. The molecule has 0 saturated heterocycles. The number of hydrogen-bond acceptors (Lipinski definition) is 0. The van der Waals surface area contributed by atoms with Crippen molar-refractivity contribution in [2.45, 2.75) is 17.7 Å². The Bertz CT molecular complexity index is 47.5. The van der Waals surface area contributed by atoms with Crippen molar-refractivity contribution >= 4 is 23.2 Å². The fraction of sp³-hybridized carbons (Fsp3) is 1.00. The van der Waals surface area contributed by atoms with Gasteiger partial charge in [-0.25, -0.2) is 0 Å². The first-order valence-corrected chi connectivity index (χ1v) is 2.96. The van der Waals surface area contributed by atoms with Crippen molar-refractivity contribution in [3.8, 4) is 0 Å². The van der Waals surface area contributed by atoms with Crippen molar-refractivity contribution in [2.75, 3.05) is 0 Å². The number of hydrogen-bond donors (Lipinski definition) is 0. The maximum absolute atomic E-state index is 5.44. The largest absolute Gasteiger partial charge is 0.110 e. The van der Waals surface area contributed by atoms with Gasteiger partial charge in [-0.2, -0.15) is 0 Å². The van der Waals surface area contributed by atoms with E-state index in [0.29, 0.717) is 5.92 Å². The SMILES string of the molecule is ClC(Cl)C1CC1. The third-order valence-electron chi connectivity index (χ3n) is 0.978. The zero-order valence-corrected chi connectivity index (χ0v) is 4.84. The smallest absolute Gasteiger partial charge is 0.105 e. The predicted molar refractivity (Wildman–Crippen MR) is 28.2 cm³/mol. The fourth-order valence-corrected chi connectivity index (χ4v) is 0.852. The molecule has 1 fully saturated rings. The second kappa shape index (κ2) is 1.59. The zero-order chi connectivity index (χ0) is 4.57. The Morgan fingerprint density at radius 3 is 1.83 bits per heavy atom. The highest BCUT2D eigenvalue weighted by Gasteiger charge is 2.27. The molecule has 1 saturated carbocycles. The second-order valence-corrected chi connectivity index (χ2v) is 2.84. The molecule has 0 N–H and O–H groups in total. The Labute approximate surface area is 47.4 Å². The molecule has 1 rings (SSSR count). The molecule has 0 bridgehead atoms. The number of alkyl halides is 2. The summed E-state index contributed by atoms with van der Waals surface area (Å²) in [5.74, 6) is 0.633. The van der Waals surface area contributed by atoms with E-state index in [1.807, 2.05) is 0 Å². The minimum absolute atomic E-state index is 0.0926. The fourth-order valence-electron chi connectivity index (χ4n) is 0.348. The van der Waals surface area contributed by atoms with Gasteiger partial charge < -0.3 is 0 Å². The quantitative estimate of drug-likeness (QED) is 0.471. The van der Waals surface area contributed by atoms with Gasteiger partial charge in [0.2, 0.25) is 0 Å². The standard InChI is InChI=1S/C4H6Cl2/c5-4(6)3-1-2-3/h3-4H,1-2H2. The molecule has 0 aromatic rings. The molecule has 0 nitrogen and oxygen atoms in total. The molecule has 6 heavy (non-hydrogen) atoms. The summed E-state index contributed by atoms with van der Waals surface area (Å²) in [5, 5.41) is 0. The Morgan fingerprint density at radius 1 is 1.33 bits per heavy atom. The van der Waals surface area contributed by atoms with Gasteiger partial charge in [0.1, 0.15) is 4.84 Å². The lowest BCUT2D eigenvalue weighted by Crippen LogP contribution is -1.84. The Kier molecular flexibility index (Phi) is 1.25. The summed E-state index contributed by atoms with van der Waals surface area (Å²) >= 11 is 10.9. The first kappa shape index (κ1) is 4.73. The Balaban J connectivity index is 2.13. The first-order chi connectivity index (χ1) is 2.80. The molecule has 0 spiro atoms. The van der Waals surface area contributed by atoms with Crippen molar-refractivity contribution in [1.29, 1.82) is 0 Å². The van der Waals surface area contributed by atoms with E-state index in [-0.39, 0.29) is 4.84 Å². The minimum Gasteiger partial charge on any atom is -0.105 e. The maximum Gasteiger partial charge on any atom is 0.110 e. The highest BCUT2D eigenvalue weighted by Crippen LogP contribution is 2.37. The number of rotatable bonds is 1. The topological polar surface area (TPSA) is 0 Å². The summed E-state index contributed by atoms with van der Waals surface area (Å²) in [6.07, 6.45) is 2.47. The highest BCUT2D eigenvalue weighted by atomic mass is 35.5. The summed E-state index contributed by atoms with van der Waals surface area (Å²) in [5.41, 5.74) is 0.